The number of nitrogens with zero attached hydrogens (tertiary/aromatic N) is 2. The van der Waals surface area contributed by atoms with Crippen molar-refractivity contribution in [3.63, 3.8) is 0 Å². The fourth-order valence-corrected chi connectivity index (χ4v) is 5.01. The minimum absolute atomic E-state index is 0. The third-order valence-electron chi connectivity index (χ3n) is 6.57. The van der Waals surface area contributed by atoms with Crippen molar-refractivity contribution in [2.24, 2.45) is 5.92 Å². The average Bonchev–Trinajstić information content (AvgIpc) is 3.52. The molecule has 4 atom stereocenters. The van der Waals surface area contributed by atoms with Crippen LogP contribution in [0.3, 0.4) is 0 Å². The number of halogens is 3. The molecule has 2 unspecified atom stereocenters. The normalized spacial score (nSPS) is 28.1. The lowest BCUT2D eigenvalue weighted by atomic mass is 9.93. The zero-order valence-electron chi connectivity index (χ0n) is 18.2. The molecular formula is C23H31Cl2FN2O4S. The molecule has 10 heteroatoms. The molecule has 184 valence electrons. The number of piperidine rings is 1. The number of ketones is 1. The first-order valence-corrected chi connectivity index (χ1v) is 11.4. The first-order chi connectivity index (χ1) is 14.8. The van der Waals surface area contributed by atoms with E-state index in [2.05, 4.69) is 0 Å². The van der Waals surface area contributed by atoms with Crippen LogP contribution in [-0.4, -0.2) is 75.3 Å². The van der Waals surface area contributed by atoms with Crippen LogP contribution in [0.4, 0.5) is 4.39 Å². The van der Waals surface area contributed by atoms with Gasteiger partial charge in [0.1, 0.15) is 11.9 Å². The van der Waals surface area contributed by atoms with Crippen molar-refractivity contribution in [1.29, 1.82) is 0 Å². The van der Waals surface area contributed by atoms with Gasteiger partial charge in [0.05, 0.1) is 12.1 Å². The zero-order chi connectivity index (χ0) is 22.1. The largest absolute Gasteiger partial charge is 0.480 e. The van der Waals surface area contributed by atoms with Crippen LogP contribution < -0.4 is 0 Å². The number of aliphatic hydroxyl groups excluding tert-OH is 1. The Bertz CT molecular complexity index is 886. The molecule has 6 nitrogen and oxygen atoms in total. The molecule has 0 amide bonds. The maximum atomic E-state index is 14.6. The van der Waals surface area contributed by atoms with Crippen molar-refractivity contribution in [1.82, 2.24) is 9.80 Å². The number of likely N-dealkylation sites (tertiary alicyclic amines) is 2. The lowest BCUT2D eigenvalue weighted by Crippen LogP contribution is -2.43. The molecule has 0 spiro atoms. The number of aliphatic hydroxyl groups is 1. The standard InChI is InChI=1S/C23H29FN2O4S.2ClH/c24-18-4-2-1-3-17(18)21(22(28)14-5-6-14)26-10-8-20(31)15(12-26)7-9-25-13-16(27)11-19(25)23(29)30;;/h1-4,7,14,16,19-21,27,31H,5-6,8-13H2,(H,29,30);2*1H/b15-7-;;/t16-,19+,20?,21?;;/m1../s1. The number of carboxylic acids is 1. The van der Waals surface area contributed by atoms with Gasteiger partial charge in [-0.05, 0) is 30.9 Å². The molecule has 0 aromatic heterocycles. The Hall–Kier alpha value is -1.16. The van der Waals surface area contributed by atoms with Gasteiger partial charge in [-0.3, -0.25) is 19.4 Å². The first kappa shape index (κ1) is 28.1. The highest BCUT2D eigenvalue weighted by molar-refractivity contribution is 7.81. The van der Waals surface area contributed by atoms with Crippen molar-refractivity contribution in [3.05, 3.63) is 47.3 Å². The number of rotatable bonds is 7. The van der Waals surface area contributed by atoms with Gasteiger partial charge >= 0.3 is 5.97 Å². The third kappa shape index (κ3) is 6.50. The molecule has 1 aliphatic carbocycles. The number of Topliss-reactive ketones (excluding diaryl/α,β-unsaturated/α-hetero) is 1. The van der Waals surface area contributed by atoms with E-state index in [1.807, 2.05) is 11.0 Å². The Morgan fingerprint density at radius 1 is 1.21 bits per heavy atom. The molecule has 3 fully saturated rings. The second-order valence-corrected chi connectivity index (χ2v) is 9.48. The molecule has 2 N–H and O–H groups in total. The predicted molar refractivity (Wildman–Crippen MR) is 132 cm³/mol. The van der Waals surface area contributed by atoms with Crippen LogP contribution in [0.2, 0.25) is 0 Å². The summed E-state index contributed by atoms with van der Waals surface area (Å²) in [5, 5.41) is 19.3. The molecule has 0 radical (unpaired) electrons. The maximum absolute atomic E-state index is 14.6. The SMILES string of the molecule is Cl.Cl.O=C(C1CC1)C(c1ccccc1F)N1CCC(S)/C(=C\CN2C[C@H](O)C[C@H]2C(=O)O)C1. The number of carboxylic acid groups (broad SMARTS) is 1. The summed E-state index contributed by atoms with van der Waals surface area (Å²) < 4.78 is 14.6. The van der Waals surface area contributed by atoms with Gasteiger partial charge in [-0.2, -0.15) is 12.6 Å². The van der Waals surface area contributed by atoms with Crippen molar-refractivity contribution in [2.45, 2.75) is 49.1 Å². The first-order valence-electron chi connectivity index (χ1n) is 10.9. The van der Waals surface area contributed by atoms with Gasteiger partial charge in [-0.25, -0.2) is 4.39 Å². The fraction of sp³-hybridized carbons (Fsp3) is 0.565. The smallest absolute Gasteiger partial charge is 0.321 e. The van der Waals surface area contributed by atoms with Crippen LogP contribution in [0.15, 0.2) is 35.9 Å². The van der Waals surface area contributed by atoms with Crippen LogP contribution in [0.5, 0.6) is 0 Å². The van der Waals surface area contributed by atoms with Crippen LogP contribution in [0, 0.1) is 11.7 Å². The fourth-order valence-electron chi connectivity index (χ4n) is 4.70. The van der Waals surface area contributed by atoms with E-state index in [0.717, 1.165) is 24.8 Å². The van der Waals surface area contributed by atoms with E-state index in [1.54, 1.807) is 23.1 Å². The zero-order valence-corrected chi connectivity index (χ0v) is 20.7. The summed E-state index contributed by atoms with van der Waals surface area (Å²) in [5.74, 6) is -1.21. The van der Waals surface area contributed by atoms with Gasteiger partial charge in [0.2, 0.25) is 0 Å². The van der Waals surface area contributed by atoms with E-state index in [-0.39, 0.29) is 54.0 Å². The van der Waals surface area contributed by atoms with Gasteiger partial charge in [-0.1, -0.05) is 24.3 Å². The Balaban J connectivity index is 0.00000193. The number of aliphatic carboxylic acids is 1. The summed E-state index contributed by atoms with van der Waals surface area (Å²) in [6.45, 7) is 1.85. The van der Waals surface area contributed by atoms with Crippen molar-refractivity contribution >= 4 is 49.2 Å². The molecule has 1 aromatic rings. The number of thiol groups is 1. The van der Waals surface area contributed by atoms with Crippen LogP contribution in [-0.2, 0) is 9.59 Å². The second-order valence-electron chi connectivity index (χ2n) is 8.85. The van der Waals surface area contributed by atoms with E-state index in [4.69, 9.17) is 12.6 Å². The summed E-state index contributed by atoms with van der Waals surface area (Å²) in [5.41, 5.74) is 1.43. The summed E-state index contributed by atoms with van der Waals surface area (Å²) in [6.07, 6.45) is 4.00. The lowest BCUT2D eigenvalue weighted by molar-refractivity contribution is -0.142. The number of β-amino-alcohol motifs (C(OH)–C–C–N with tert-alkyl or cyclic N) is 1. The number of benzene rings is 1. The van der Waals surface area contributed by atoms with Crippen LogP contribution in [0.1, 0.15) is 37.3 Å². The molecule has 1 aromatic carbocycles. The van der Waals surface area contributed by atoms with E-state index >= 15 is 0 Å². The summed E-state index contributed by atoms with van der Waals surface area (Å²) in [6, 6.07) is 5.17. The van der Waals surface area contributed by atoms with Gasteiger partial charge in [0, 0.05) is 49.3 Å². The predicted octanol–water partition coefficient (Wildman–Crippen LogP) is 3.14. The van der Waals surface area contributed by atoms with E-state index in [0.29, 0.717) is 31.7 Å². The number of carbonyl (C=O) groups excluding carboxylic acids is 1. The second kappa shape index (κ2) is 12.0. The summed E-state index contributed by atoms with van der Waals surface area (Å²) in [4.78, 5) is 28.4. The van der Waals surface area contributed by atoms with E-state index < -0.39 is 24.2 Å². The summed E-state index contributed by atoms with van der Waals surface area (Å²) >= 11 is 4.70. The van der Waals surface area contributed by atoms with Crippen molar-refractivity contribution in [3.8, 4) is 0 Å². The molecule has 2 aliphatic heterocycles. The van der Waals surface area contributed by atoms with Gasteiger partial charge in [0.25, 0.3) is 0 Å². The lowest BCUT2D eigenvalue weighted by Gasteiger charge is -2.38. The highest BCUT2D eigenvalue weighted by atomic mass is 35.5. The Morgan fingerprint density at radius 2 is 1.91 bits per heavy atom. The molecule has 4 rings (SSSR count). The molecule has 1 saturated carbocycles. The minimum atomic E-state index is -0.933. The Kier molecular flexibility index (Phi) is 10.2. The van der Waals surface area contributed by atoms with E-state index in [9.17, 15) is 24.2 Å². The average molecular weight is 521 g/mol. The van der Waals surface area contributed by atoms with Crippen molar-refractivity contribution < 1.29 is 24.2 Å². The van der Waals surface area contributed by atoms with Crippen molar-refractivity contribution in [2.75, 3.05) is 26.2 Å². The van der Waals surface area contributed by atoms with Crippen LogP contribution >= 0.6 is 37.4 Å². The third-order valence-corrected chi connectivity index (χ3v) is 7.16. The van der Waals surface area contributed by atoms with Gasteiger partial charge < -0.3 is 10.2 Å². The number of hydrogen-bond donors (Lipinski definition) is 3. The monoisotopic (exact) mass is 520 g/mol. The molecule has 0 bridgehead atoms. The summed E-state index contributed by atoms with van der Waals surface area (Å²) in [7, 11) is 0. The molecule has 2 heterocycles. The maximum Gasteiger partial charge on any atom is 0.321 e. The molecular weight excluding hydrogens is 490 g/mol. The quantitative estimate of drug-likeness (QED) is 0.378. The molecule has 33 heavy (non-hydrogen) atoms. The molecule has 2 saturated heterocycles. The molecule has 3 aliphatic rings. The highest BCUT2D eigenvalue weighted by Gasteiger charge is 2.41. The van der Waals surface area contributed by atoms with Gasteiger partial charge in [-0.15, -0.1) is 24.8 Å². The minimum Gasteiger partial charge on any atom is -0.480 e. The number of hydrogen-bond acceptors (Lipinski definition) is 6. The van der Waals surface area contributed by atoms with Gasteiger partial charge in [0.15, 0.2) is 5.78 Å². The Labute approximate surface area is 211 Å². The highest BCUT2D eigenvalue weighted by Crippen LogP contribution is 2.39. The number of carbonyl (C=O) groups is 2. The van der Waals surface area contributed by atoms with Crippen LogP contribution in [0.25, 0.3) is 0 Å². The van der Waals surface area contributed by atoms with E-state index in [1.165, 1.54) is 6.07 Å². The topological polar surface area (TPSA) is 81.1 Å². The Morgan fingerprint density at radius 3 is 2.55 bits per heavy atom.